The second-order valence-electron chi connectivity index (χ2n) is 9.17. The SMILES string of the molecule is CC(C)C1OC(=O)CC2C1C[C@H]1OC(=O)[C@@]3(C)CC[C@@H](O)[C@@]2(C)C13. The van der Waals surface area contributed by atoms with Crippen molar-refractivity contribution >= 4 is 11.9 Å². The number of fused-ring (bicyclic) bond motifs is 2. The first-order valence-corrected chi connectivity index (χ1v) is 9.28. The topological polar surface area (TPSA) is 72.8 Å². The third kappa shape index (κ3) is 1.85. The summed E-state index contributed by atoms with van der Waals surface area (Å²) >= 11 is 0. The lowest BCUT2D eigenvalue weighted by Gasteiger charge is -2.61. The van der Waals surface area contributed by atoms with Crippen LogP contribution in [0.5, 0.6) is 0 Å². The Hall–Kier alpha value is -1.10. The van der Waals surface area contributed by atoms with E-state index < -0.39 is 16.9 Å². The molecule has 1 N–H and O–H groups in total. The molecular formula is C19H28O5. The van der Waals surface area contributed by atoms with Gasteiger partial charge in [-0.2, -0.15) is 0 Å². The molecule has 0 bridgehead atoms. The van der Waals surface area contributed by atoms with Gasteiger partial charge >= 0.3 is 11.9 Å². The number of aliphatic hydroxyl groups excluding tert-OH is 1. The van der Waals surface area contributed by atoms with Crippen LogP contribution in [-0.2, 0) is 19.1 Å². The van der Waals surface area contributed by atoms with Crippen LogP contribution in [0, 0.1) is 34.5 Å². The van der Waals surface area contributed by atoms with Crippen molar-refractivity contribution in [3.8, 4) is 0 Å². The third-order valence-electron chi connectivity index (χ3n) is 7.66. The van der Waals surface area contributed by atoms with Gasteiger partial charge < -0.3 is 14.6 Å². The van der Waals surface area contributed by atoms with Gasteiger partial charge in [0.05, 0.1) is 11.5 Å². The average molecular weight is 336 g/mol. The first-order valence-electron chi connectivity index (χ1n) is 9.28. The first-order chi connectivity index (χ1) is 11.2. The molecule has 2 saturated carbocycles. The minimum atomic E-state index is -0.529. The number of hydrogen-bond donors (Lipinski definition) is 1. The molecule has 8 atom stereocenters. The highest BCUT2D eigenvalue weighted by Gasteiger charge is 2.71. The Bertz CT molecular complexity index is 586. The van der Waals surface area contributed by atoms with E-state index in [1.165, 1.54) is 0 Å². The summed E-state index contributed by atoms with van der Waals surface area (Å²) in [6.07, 6.45) is 1.52. The van der Waals surface area contributed by atoms with Gasteiger partial charge in [-0.1, -0.05) is 20.8 Å². The molecule has 5 heteroatoms. The monoisotopic (exact) mass is 336 g/mol. The second kappa shape index (κ2) is 4.96. The standard InChI is InChI=1S/C19H28O5/c1-9(2)15-10-7-12-16-18(3,17(22)23-12)6-5-13(20)19(16,4)11(10)8-14(21)24-15/h9-13,15-16,20H,5-8H2,1-4H3/t10?,11?,12-,13-,15?,16?,18+,19+/m1/s1. The van der Waals surface area contributed by atoms with Gasteiger partial charge in [-0.25, -0.2) is 0 Å². The number of cyclic esters (lactones) is 1. The van der Waals surface area contributed by atoms with E-state index in [1.54, 1.807) is 0 Å². The van der Waals surface area contributed by atoms with Crippen LogP contribution in [0.15, 0.2) is 0 Å². The maximum absolute atomic E-state index is 12.6. The van der Waals surface area contributed by atoms with E-state index in [4.69, 9.17) is 9.47 Å². The smallest absolute Gasteiger partial charge is 0.312 e. The van der Waals surface area contributed by atoms with E-state index in [0.717, 1.165) is 6.42 Å². The van der Waals surface area contributed by atoms with Gasteiger partial charge in [0.1, 0.15) is 12.2 Å². The molecule has 4 aliphatic rings. The quantitative estimate of drug-likeness (QED) is 0.744. The summed E-state index contributed by atoms with van der Waals surface area (Å²) < 4.78 is 11.5. The summed E-state index contributed by atoms with van der Waals surface area (Å²) in [4.78, 5) is 24.9. The summed E-state index contributed by atoms with van der Waals surface area (Å²) in [6.45, 7) is 8.21. The molecule has 5 nitrogen and oxygen atoms in total. The molecule has 134 valence electrons. The summed E-state index contributed by atoms with van der Waals surface area (Å²) in [5.41, 5.74) is -1.00. The van der Waals surface area contributed by atoms with Crippen LogP contribution in [0.1, 0.15) is 53.4 Å². The molecule has 4 unspecified atom stereocenters. The summed E-state index contributed by atoms with van der Waals surface area (Å²) in [6, 6.07) is 0. The van der Waals surface area contributed by atoms with Crippen molar-refractivity contribution < 1.29 is 24.2 Å². The maximum Gasteiger partial charge on any atom is 0.312 e. The molecule has 4 rings (SSSR count). The predicted molar refractivity (Wildman–Crippen MR) is 85.8 cm³/mol. The van der Waals surface area contributed by atoms with Crippen LogP contribution >= 0.6 is 0 Å². The highest BCUT2D eigenvalue weighted by molar-refractivity contribution is 5.80. The van der Waals surface area contributed by atoms with Gasteiger partial charge in [0.2, 0.25) is 0 Å². The fraction of sp³-hybridized carbons (Fsp3) is 0.895. The number of rotatable bonds is 1. The highest BCUT2D eigenvalue weighted by atomic mass is 16.6. The number of ether oxygens (including phenoxy) is 2. The van der Waals surface area contributed by atoms with Crippen LogP contribution in [0.25, 0.3) is 0 Å². The van der Waals surface area contributed by atoms with E-state index in [0.29, 0.717) is 19.3 Å². The molecule has 0 radical (unpaired) electrons. The zero-order valence-electron chi connectivity index (χ0n) is 15.0. The predicted octanol–water partition coefficient (Wildman–Crippen LogP) is 2.30. The van der Waals surface area contributed by atoms with Gasteiger partial charge in [-0.05, 0) is 38.0 Å². The van der Waals surface area contributed by atoms with Crippen molar-refractivity contribution in [1.82, 2.24) is 0 Å². The minimum Gasteiger partial charge on any atom is -0.462 e. The van der Waals surface area contributed by atoms with E-state index >= 15 is 0 Å². The van der Waals surface area contributed by atoms with Crippen molar-refractivity contribution in [3.05, 3.63) is 0 Å². The Kier molecular flexibility index (Phi) is 3.39. The summed E-state index contributed by atoms with van der Waals surface area (Å²) in [5.74, 6) is 0.114. The average Bonchev–Trinajstić information content (AvgIpc) is 2.76. The van der Waals surface area contributed by atoms with Crippen LogP contribution in [-0.4, -0.2) is 35.4 Å². The third-order valence-corrected chi connectivity index (χ3v) is 7.66. The van der Waals surface area contributed by atoms with Gasteiger partial charge in [0.15, 0.2) is 0 Å². The van der Waals surface area contributed by atoms with Gasteiger partial charge in [0.25, 0.3) is 0 Å². The fourth-order valence-corrected chi connectivity index (χ4v) is 6.56. The Morgan fingerprint density at radius 3 is 2.58 bits per heavy atom. The molecule has 0 aromatic carbocycles. The molecule has 2 heterocycles. The molecule has 24 heavy (non-hydrogen) atoms. The zero-order valence-corrected chi connectivity index (χ0v) is 15.0. The van der Waals surface area contributed by atoms with E-state index in [2.05, 4.69) is 20.8 Å². The highest BCUT2D eigenvalue weighted by Crippen LogP contribution is 2.67. The molecule has 0 aromatic heterocycles. The van der Waals surface area contributed by atoms with Crippen LogP contribution in [0.3, 0.4) is 0 Å². The zero-order chi connectivity index (χ0) is 17.4. The lowest BCUT2D eigenvalue weighted by atomic mass is 9.43. The Labute approximate surface area is 143 Å². The van der Waals surface area contributed by atoms with Crippen molar-refractivity contribution in [1.29, 1.82) is 0 Å². The van der Waals surface area contributed by atoms with Crippen LogP contribution in [0.4, 0.5) is 0 Å². The minimum absolute atomic E-state index is 0.0128. The van der Waals surface area contributed by atoms with E-state index in [1.807, 2.05) is 6.92 Å². The number of carbonyl (C=O) groups excluding carboxylic acids is 2. The number of esters is 2. The van der Waals surface area contributed by atoms with E-state index in [-0.39, 0.29) is 47.8 Å². The Morgan fingerprint density at radius 1 is 1.21 bits per heavy atom. The van der Waals surface area contributed by atoms with Crippen molar-refractivity contribution in [2.75, 3.05) is 0 Å². The van der Waals surface area contributed by atoms with Crippen LogP contribution < -0.4 is 0 Å². The lowest BCUT2D eigenvalue weighted by Crippen LogP contribution is -2.64. The van der Waals surface area contributed by atoms with Crippen molar-refractivity contribution in [2.45, 2.75) is 71.7 Å². The van der Waals surface area contributed by atoms with Crippen molar-refractivity contribution in [2.24, 2.45) is 34.5 Å². The Balaban J connectivity index is 1.82. The molecule has 2 aliphatic carbocycles. The number of carbonyl (C=O) groups is 2. The van der Waals surface area contributed by atoms with Gasteiger partial charge in [-0.15, -0.1) is 0 Å². The normalized spacial score (nSPS) is 53.2. The molecule has 2 aliphatic heterocycles. The van der Waals surface area contributed by atoms with Crippen molar-refractivity contribution in [3.63, 3.8) is 0 Å². The largest absolute Gasteiger partial charge is 0.462 e. The fourth-order valence-electron chi connectivity index (χ4n) is 6.56. The molecule has 4 fully saturated rings. The first kappa shape index (κ1) is 16.4. The van der Waals surface area contributed by atoms with Crippen LogP contribution in [0.2, 0.25) is 0 Å². The summed E-state index contributed by atoms with van der Waals surface area (Å²) in [7, 11) is 0. The Morgan fingerprint density at radius 2 is 1.92 bits per heavy atom. The van der Waals surface area contributed by atoms with Gasteiger partial charge in [0, 0.05) is 23.7 Å². The van der Waals surface area contributed by atoms with Gasteiger partial charge in [-0.3, -0.25) is 9.59 Å². The van der Waals surface area contributed by atoms with E-state index in [9.17, 15) is 14.7 Å². The second-order valence-corrected chi connectivity index (χ2v) is 9.17. The molecule has 0 aromatic rings. The molecular weight excluding hydrogens is 308 g/mol. The lowest BCUT2D eigenvalue weighted by molar-refractivity contribution is -0.219. The molecule has 2 saturated heterocycles. The molecule has 0 amide bonds. The summed E-state index contributed by atoms with van der Waals surface area (Å²) in [5, 5.41) is 11.0. The molecule has 0 spiro atoms. The maximum atomic E-state index is 12.6. The number of aliphatic hydroxyl groups is 1. The number of hydrogen-bond acceptors (Lipinski definition) is 5.